The summed E-state index contributed by atoms with van der Waals surface area (Å²) in [4.78, 5) is 32.4. The largest absolute Gasteiger partial charge is 0.337 e. The molecule has 0 bridgehead atoms. The Labute approximate surface area is 145 Å². The van der Waals surface area contributed by atoms with E-state index in [0.29, 0.717) is 22.4 Å². The highest BCUT2D eigenvalue weighted by Gasteiger charge is 2.23. The molecule has 1 aliphatic rings. The van der Waals surface area contributed by atoms with E-state index in [9.17, 15) is 9.59 Å². The van der Waals surface area contributed by atoms with E-state index >= 15 is 0 Å². The molecule has 4 heterocycles. The topological polar surface area (TPSA) is 59.6 Å². The van der Waals surface area contributed by atoms with Gasteiger partial charge in [0.05, 0.1) is 5.39 Å². The van der Waals surface area contributed by atoms with Crippen molar-refractivity contribution >= 4 is 22.6 Å². The van der Waals surface area contributed by atoms with Crippen molar-refractivity contribution in [3.8, 4) is 0 Å². The third-order valence-corrected chi connectivity index (χ3v) is 5.14. The maximum atomic E-state index is 13.0. The smallest absolute Gasteiger partial charge is 0.270 e. The van der Waals surface area contributed by atoms with Gasteiger partial charge in [0, 0.05) is 26.3 Å². The van der Waals surface area contributed by atoms with E-state index in [2.05, 4.69) is 4.98 Å². The number of pyridine rings is 1. The van der Waals surface area contributed by atoms with E-state index in [1.165, 1.54) is 12.8 Å². The molecule has 0 unspecified atom stereocenters. The summed E-state index contributed by atoms with van der Waals surface area (Å²) in [5.74, 6) is -0.00687. The van der Waals surface area contributed by atoms with Crippen LogP contribution in [0.1, 0.15) is 41.7 Å². The molecular formula is C19H22N4O2. The van der Waals surface area contributed by atoms with Crippen molar-refractivity contribution in [3.63, 3.8) is 0 Å². The zero-order valence-electron chi connectivity index (χ0n) is 14.7. The van der Waals surface area contributed by atoms with E-state index in [1.54, 1.807) is 21.2 Å². The Kier molecular flexibility index (Phi) is 3.82. The van der Waals surface area contributed by atoms with Crippen molar-refractivity contribution in [3.05, 3.63) is 46.0 Å². The summed E-state index contributed by atoms with van der Waals surface area (Å²) < 4.78 is 3.31. The van der Waals surface area contributed by atoms with Gasteiger partial charge in [-0.25, -0.2) is 4.98 Å². The fourth-order valence-electron chi connectivity index (χ4n) is 3.67. The van der Waals surface area contributed by atoms with E-state index < -0.39 is 0 Å². The summed E-state index contributed by atoms with van der Waals surface area (Å²) in [6.45, 7) is 3.50. The van der Waals surface area contributed by atoms with Gasteiger partial charge in [0.2, 0.25) is 0 Å². The lowest BCUT2D eigenvalue weighted by Crippen LogP contribution is -2.33. The van der Waals surface area contributed by atoms with Crippen LogP contribution in [0.25, 0.3) is 16.7 Å². The number of hydrogen-bond acceptors (Lipinski definition) is 3. The first-order valence-electron chi connectivity index (χ1n) is 8.84. The van der Waals surface area contributed by atoms with E-state index in [1.807, 2.05) is 31.0 Å². The molecule has 0 aliphatic carbocycles. The molecular weight excluding hydrogens is 316 g/mol. The van der Waals surface area contributed by atoms with Crippen LogP contribution in [-0.2, 0) is 7.05 Å². The quantitative estimate of drug-likeness (QED) is 0.685. The van der Waals surface area contributed by atoms with Crippen molar-refractivity contribution in [2.75, 3.05) is 13.1 Å². The highest BCUT2D eigenvalue weighted by atomic mass is 16.2. The predicted octanol–water partition coefficient (Wildman–Crippen LogP) is 2.51. The first kappa shape index (κ1) is 15.9. The zero-order chi connectivity index (χ0) is 17.6. The van der Waals surface area contributed by atoms with E-state index in [-0.39, 0.29) is 11.5 Å². The lowest BCUT2D eigenvalue weighted by Gasteiger charge is -2.20. The first-order chi connectivity index (χ1) is 12.1. The van der Waals surface area contributed by atoms with Crippen molar-refractivity contribution in [2.24, 2.45) is 7.05 Å². The molecule has 3 aromatic rings. The summed E-state index contributed by atoms with van der Waals surface area (Å²) in [6.07, 6.45) is 6.15. The Hall–Kier alpha value is -2.63. The molecule has 0 radical (unpaired) electrons. The van der Waals surface area contributed by atoms with Crippen LogP contribution in [0, 0.1) is 6.92 Å². The minimum atomic E-state index is -0.130. The lowest BCUT2D eigenvalue weighted by molar-refractivity contribution is 0.0752. The molecule has 1 fully saturated rings. The number of likely N-dealkylation sites (tertiary alicyclic amines) is 1. The Morgan fingerprint density at radius 2 is 1.84 bits per heavy atom. The summed E-state index contributed by atoms with van der Waals surface area (Å²) in [5.41, 5.74) is 2.54. The van der Waals surface area contributed by atoms with Gasteiger partial charge in [-0.2, -0.15) is 0 Å². The van der Waals surface area contributed by atoms with Crippen molar-refractivity contribution in [1.82, 2.24) is 18.9 Å². The molecule has 3 aromatic heterocycles. The molecule has 1 saturated heterocycles. The van der Waals surface area contributed by atoms with Crippen LogP contribution in [0.15, 0.2) is 29.2 Å². The SMILES string of the molecule is Cc1cccn2c(=O)c3cc(C(=O)N4CCCCCC4)n(C)c3nc12. The van der Waals surface area contributed by atoms with E-state index in [0.717, 1.165) is 31.5 Å². The van der Waals surface area contributed by atoms with Gasteiger partial charge in [-0.3, -0.25) is 14.0 Å². The minimum Gasteiger partial charge on any atom is -0.337 e. The Morgan fingerprint density at radius 1 is 1.12 bits per heavy atom. The second-order valence-electron chi connectivity index (χ2n) is 6.83. The number of amides is 1. The molecule has 1 amide bonds. The number of hydrogen-bond donors (Lipinski definition) is 0. The Morgan fingerprint density at radius 3 is 2.56 bits per heavy atom. The second-order valence-corrected chi connectivity index (χ2v) is 6.83. The van der Waals surface area contributed by atoms with Crippen LogP contribution < -0.4 is 5.56 Å². The Bertz CT molecular complexity index is 1020. The normalized spacial score (nSPS) is 15.7. The molecule has 130 valence electrons. The molecule has 0 saturated carbocycles. The maximum absolute atomic E-state index is 13.0. The summed E-state index contributed by atoms with van der Waals surface area (Å²) in [7, 11) is 1.81. The summed E-state index contributed by atoms with van der Waals surface area (Å²) >= 11 is 0. The third kappa shape index (κ3) is 2.52. The number of carbonyl (C=O) groups is 1. The number of rotatable bonds is 1. The fourth-order valence-corrected chi connectivity index (χ4v) is 3.67. The van der Waals surface area contributed by atoms with Crippen LogP contribution in [-0.4, -0.2) is 37.8 Å². The van der Waals surface area contributed by atoms with Crippen LogP contribution in [0.5, 0.6) is 0 Å². The van der Waals surface area contributed by atoms with Gasteiger partial charge >= 0.3 is 0 Å². The lowest BCUT2D eigenvalue weighted by atomic mass is 10.2. The van der Waals surface area contributed by atoms with Crippen molar-refractivity contribution in [1.29, 1.82) is 0 Å². The minimum absolute atomic E-state index is 0.00687. The molecule has 0 N–H and O–H groups in total. The zero-order valence-corrected chi connectivity index (χ0v) is 14.7. The summed E-state index contributed by atoms with van der Waals surface area (Å²) in [5, 5.41) is 0.490. The van der Waals surface area contributed by atoms with Gasteiger partial charge < -0.3 is 9.47 Å². The van der Waals surface area contributed by atoms with Crippen LogP contribution in [0.2, 0.25) is 0 Å². The fraction of sp³-hybridized carbons (Fsp3) is 0.421. The first-order valence-corrected chi connectivity index (χ1v) is 8.84. The van der Waals surface area contributed by atoms with Crippen LogP contribution in [0.3, 0.4) is 0 Å². The maximum Gasteiger partial charge on any atom is 0.270 e. The second kappa shape index (κ2) is 6.02. The highest BCUT2D eigenvalue weighted by molar-refractivity contribution is 5.98. The van der Waals surface area contributed by atoms with Gasteiger partial charge in [0.15, 0.2) is 0 Å². The van der Waals surface area contributed by atoms with Gasteiger partial charge in [-0.15, -0.1) is 0 Å². The monoisotopic (exact) mass is 338 g/mol. The van der Waals surface area contributed by atoms with E-state index in [4.69, 9.17) is 0 Å². The molecule has 0 atom stereocenters. The average molecular weight is 338 g/mol. The summed E-state index contributed by atoms with van der Waals surface area (Å²) in [6, 6.07) is 5.47. The average Bonchev–Trinajstić information content (AvgIpc) is 2.79. The van der Waals surface area contributed by atoms with Crippen molar-refractivity contribution in [2.45, 2.75) is 32.6 Å². The van der Waals surface area contributed by atoms with Gasteiger partial charge in [0.1, 0.15) is 17.0 Å². The predicted molar refractivity (Wildman–Crippen MR) is 97.0 cm³/mol. The van der Waals surface area contributed by atoms with Gasteiger partial charge in [-0.05, 0) is 37.5 Å². The molecule has 4 rings (SSSR count). The molecule has 1 aliphatic heterocycles. The standard InChI is InChI=1S/C19H22N4O2/c1-13-8-7-11-23-16(13)20-17-14(18(23)24)12-15(21(17)2)19(25)22-9-5-3-4-6-10-22/h7-8,11-12H,3-6,9-10H2,1-2H3. The highest BCUT2D eigenvalue weighted by Crippen LogP contribution is 2.19. The van der Waals surface area contributed by atoms with Gasteiger partial charge in [-0.1, -0.05) is 18.9 Å². The number of nitrogens with zero attached hydrogens (tertiary/aromatic N) is 4. The third-order valence-electron chi connectivity index (χ3n) is 5.14. The van der Waals surface area contributed by atoms with Crippen molar-refractivity contribution < 1.29 is 4.79 Å². The number of aromatic nitrogens is 3. The molecule has 0 aromatic carbocycles. The Balaban J connectivity index is 1.88. The molecule has 6 heteroatoms. The number of carbonyl (C=O) groups excluding carboxylic acids is 1. The van der Waals surface area contributed by atoms with Crippen LogP contribution >= 0.6 is 0 Å². The number of fused-ring (bicyclic) bond motifs is 2. The molecule has 0 spiro atoms. The molecule has 25 heavy (non-hydrogen) atoms. The molecule has 6 nitrogen and oxygen atoms in total. The van der Waals surface area contributed by atoms with Crippen LogP contribution in [0.4, 0.5) is 0 Å². The van der Waals surface area contributed by atoms with Gasteiger partial charge in [0.25, 0.3) is 11.5 Å². The number of aryl methyl sites for hydroxylation is 2.